The van der Waals surface area contributed by atoms with Crippen molar-refractivity contribution in [3.05, 3.63) is 69.7 Å². The van der Waals surface area contributed by atoms with Gasteiger partial charge in [0, 0.05) is 34.2 Å². The minimum Gasteiger partial charge on any atom is -0.365 e. The summed E-state index contributed by atoms with van der Waals surface area (Å²) in [6.45, 7) is 8.12. The second kappa shape index (κ2) is 9.65. The van der Waals surface area contributed by atoms with Crippen LogP contribution in [0.5, 0.6) is 0 Å². The van der Waals surface area contributed by atoms with E-state index in [0.717, 1.165) is 42.2 Å². The summed E-state index contributed by atoms with van der Waals surface area (Å²) in [5, 5.41) is 5.63. The SMILES string of the molecule is CC(C)(C)NC(=S)N1CCC(OC(c2ccc(Cl)cc2)c2ccccc2Cl)CC1. The van der Waals surface area contributed by atoms with Gasteiger partial charge in [-0.25, -0.2) is 0 Å². The molecule has 1 atom stereocenters. The molecule has 1 saturated heterocycles. The van der Waals surface area contributed by atoms with Crippen LogP contribution in [-0.4, -0.2) is 34.7 Å². The second-order valence-electron chi connectivity index (χ2n) is 8.46. The summed E-state index contributed by atoms with van der Waals surface area (Å²) in [6.07, 6.45) is 1.75. The Morgan fingerprint density at radius 3 is 2.28 bits per heavy atom. The molecule has 156 valence electrons. The highest BCUT2D eigenvalue weighted by molar-refractivity contribution is 7.80. The normalized spacial score (nSPS) is 16.5. The molecule has 3 nitrogen and oxygen atoms in total. The number of ether oxygens (including phenoxy) is 1. The predicted octanol–water partition coefficient (Wildman–Crippen LogP) is 6.24. The first-order chi connectivity index (χ1) is 13.7. The molecule has 6 heteroatoms. The first-order valence-corrected chi connectivity index (χ1v) is 11.1. The van der Waals surface area contributed by atoms with E-state index in [1.54, 1.807) is 0 Å². The predicted molar refractivity (Wildman–Crippen MR) is 126 cm³/mol. The maximum atomic E-state index is 6.60. The van der Waals surface area contributed by atoms with Gasteiger partial charge in [-0.3, -0.25) is 0 Å². The molecule has 3 rings (SSSR count). The minimum atomic E-state index is -0.225. The van der Waals surface area contributed by atoms with Crippen molar-refractivity contribution in [2.75, 3.05) is 13.1 Å². The summed E-state index contributed by atoms with van der Waals surface area (Å²) in [6, 6.07) is 15.7. The van der Waals surface area contributed by atoms with Crippen LogP contribution in [0.2, 0.25) is 10.0 Å². The molecular formula is C23H28Cl2N2OS. The van der Waals surface area contributed by atoms with Crippen LogP contribution in [0.15, 0.2) is 48.5 Å². The Labute approximate surface area is 189 Å². The lowest BCUT2D eigenvalue weighted by molar-refractivity contribution is -0.0186. The summed E-state index contributed by atoms with van der Waals surface area (Å²) in [5.41, 5.74) is 1.99. The van der Waals surface area contributed by atoms with Crippen LogP contribution in [0, 0.1) is 0 Å². The Morgan fingerprint density at radius 2 is 1.69 bits per heavy atom. The van der Waals surface area contributed by atoms with Gasteiger partial charge < -0.3 is 15.0 Å². The topological polar surface area (TPSA) is 24.5 Å². The number of halogens is 2. The lowest BCUT2D eigenvalue weighted by atomic mass is 10.00. The Kier molecular flexibility index (Phi) is 7.44. The molecule has 29 heavy (non-hydrogen) atoms. The molecule has 2 aromatic carbocycles. The van der Waals surface area contributed by atoms with Crippen LogP contribution in [-0.2, 0) is 4.74 Å². The van der Waals surface area contributed by atoms with Gasteiger partial charge in [0.2, 0.25) is 0 Å². The summed E-state index contributed by atoms with van der Waals surface area (Å²) in [5.74, 6) is 0. The number of nitrogens with one attached hydrogen (secondary N) is 1. The minimum absolute atomic E-state index is 0.0336. The molecule has 0 radical (unpaired) electrons. The molecular weight excluding hydrogens is 423 g/mol. The molecule has 2 aromatic rings. The van der Waals surface area contributed by atoms with Crippen molar-refractivity contribution in [2.24, 2.45) is 0 Å². The lowest BCUT2D eigenvalue weighted by Crippen LogP contribution is -2.51. The number of thiocarbonyl (C=S) groups is 1. The van der Waals surface area contributed by atoms with E-state index in [2.05, 4.69) is 31.0 Å². The molecule has 1 fully saturated rings. The molecule has 0 bridgehead atoms. The van der Waals surface area contributed by atoms with Gasteiger partial charge in [0.05, 0.1) is 6.10 Å². The van der Waals surface area contributed by atoms with Gasteiger partial charge in [0.1, 0.15) is 6.10 Å². The highest BCUT2D eigenvalue weighted by Crippen LogP contribution is 2.34. The fourth-order valence-corrected chi connectivity index (χ4v) is 4.29. The van der Waals surface area contributed by atoms with Crippen molar-refractivity contribution < 1.29 is 4.74 Å². The average Bonchev–Trinajstić information content (AvgIpc) is 2.67. The van der Waals surface area contributed by atoms with Crippen molar-refractivity contribution in [1.82, 2.24) is 10.2 Å². The number of benzene rings is 2. The van der Waals surface area contributed by atoms with E-state index in [9.17, 15) is 0 Å². The van der Waals surface area contributed by atoms with Crippen LogP contribution in [0.3, 0.4) is 0 Å². The molecule has 1 unspecified atom stereocenters. The zero-order chi connectivity index (χ0) is 21.0. The monoisotopic (exact) mass is 450 g/mol. The summed E-state index contributed by atoms with van der Waals surface area (Å²) < 4.78 is 6.60. The fraction of sp³-hybridized carbons (Fsp3) is 0.435. The smallest absolute Gasteiger partial charge is 0.169 e. The molecule has 1 aliphatic rings. The molecule has 0 saturated carbocycles. The van der Waals surface area contributed by atoms with Gasteiger partial charge in [-0.05, 0) is 69.6 Å². The Balaban J connectivity index is 1.71. The highest BCUT2D eigenvalue weighted by Gasteiger charge is 2.27. The average molecular weight is 451 g/mol. The third kappa shape index (κ3) is 6.32. The Morgan fingerprint density at radius 1 is 1.07 bits per heavy atom. The van der Waals surface area contributed by atoms with E-state index < -0.39 is 0 Å². The van der Waals surface area contributed by atoms with Crippen molar-refractivity contribution in [3.63, 3.8) is 0 Å². The fourth-order valence-electron chi connectivity index (χ4n) is 3.44. The van der Waals surface area contributed by atoms with Gasteiger partial charge in [-0.15, -0.1) is 0 Å². The lowest BCUT2D eigenvalue weighted by Gasteiger charge is -2.37. The Hall–Kier alpha value is -1.33. The summed E-state index contributed by atoms with van der Waals surface area (Å²) in [7, 11) is 0. The van der Waals surface area contributed by atoms with Crippen LogP contribution in [0.1, 0.15) is 50.8 Å². The first kappa shape index (κ1) is 22.4. The summed E-state index contributed by atoms with van der Waals surface area (Å²) in [4.78, 5) is 2.23. The van der Waals surface area contributed by atoms with Crippen molar-refractivity contribution in [1.29, 1.82) is 0 Å². The standard InChI is InChI=1S/C23H28Cl2N2OS/c1-23(2,3)26-22(29)27-14-12-18(13-15-27)28-21(16-8-10-17(24)11-9-16)19-6-4-5-7-20(19)25/h4-11,18,21H,12-15H2,1-3H3,(H,26,29). The van der Waals surface area contributed by atoms with E-state index in [1.165, 1.54) is 0 Å². The number of nitrogens with zero attached hydrogens (tertiary/aromatic N) is 1. The molecule has 1 heterocycles. The number of rotatable bonds is 4. The van der Waals surface area contributed by atoms with Crippen molar-refractivity contribution in [2.45, 2.75) is 51.4 Å². The van der Waals surface area contributed by atoms with E-state index in [1.807, 2.05) is 48.5 Å². The maximum Gasteiger partial charge on any atom is 0.169 e. The van der Waals surface area contributed by atoms with E-state index in [0.29, 0.717) is 10.0 Å². The number of likely N-dealkylation sites (tertiary alicyclic amines) is 1. The number of hydrogen-bond acceptors (Lipinski definition) is 2. The highest BCUT2D eigenvalue weighted by atomic mass is 35.5. The van der Waals surface area contributed by atoms with Crippen molar-refractivity contribution in [3.8, 4) is 0 Å². The Bertz CT molecular complexity index is 828. The van der Waals surface area contributed by atoms with Crippen LogP contribution in [0.4, 0.5) is 0 Å². The zero-order valence-corrected chi connectivity index (χ0v) is 19.4. The van der Waals surface area contributed by atoms with Gasteiger partial charge >= 0.3 is 0 Å². The third-order valence-corrected chi connectivity index (χ3v) is 5.86. The molecule has 0 amide bonds. The van der Waals surface area contributed by atoms with Gasteiger partial charge in [-0.2, -0.15) is 0 Å². The number of piperidine rings is 1. The summed E-state index contributed by atoms with van der Waals surface area (Å²) >= 11 is 18.2. The molecule has 0 aromatic heterocycles. The van der Waals surface area contributed by atoms with E-state index in [-0.39, 0.29) is 17.7 Å². The van der Waals surface area contributed by atoms with Gasteiger partial charge in [-0.1, -0.05) is 53.5 Å². The van der Waals surface area contributed by atoms with Crippen LogP contribution >= 0.6 is 35.4 Å². The third-order valence-electron chi connectivity index (χ3n) is 4.90. The molecule has 1 aliphatic heterocycles. The molecule has 0 spiro atoms. The largest absolute Gasteiger partial charge is 0.365 e. The van der Waals surface area contributed by atoms with Gasteiger partial charge in [0.15, 0.2) is 5.11 Å². The second-order valence-corrected chi connectivity index (χ2v) is 9.69. The van der Waals surface area contributed by atoms with Crippen molar-refractivity contribution >= 4 is 40.5 Å². The van der Waals surface area contributed by atoms with Crippen LogP contribution in [0.25, 0.3) is 0 Å². The molecule has 0 aliphatic carbocycles. The first-order valence-electron chi connectivity index (χ1n) is 9.95. The van der Waals surface area contributed by atoms with E-state index >= 15 is 0 Å². The van der Waals surface area contributed by atoms with E-state index in [4.69, 9.17) is 40.2 Å². The molecule has 1 N–H and O–H groups in total. The number of hydrogen-bond donors (Lipinski definition) is 1. The maximum absolute atomic E-state index is 6.60. The van der Waals surface area contributed by atoms with Crippen LogP contribution < -0.4 is 5.32 Å². The van der Waals surface area contributed by atoms with Gasteiger partial charge in [0.25, 0.3) is 0 Å². The quantitative estimate of drug-likeness (QED) is 0.557. The zero-order valence-electron chi connectivity index (χ0n) is 17.1.